The third-order valence-electron chi connectivity index (χ3n) is 3.18. The molecule has 0 aliphatic rings. The maximum absolute atomic E-state index is 3.17. The van der Waals surface area contributed by atoms with Crippen LogP contribution in [0.25, 0.3) is 30.9 Å². The van der Waals surface area contributed by atoms with Gasteiger partial charge in [-0.2, -0.15) is 0 Å². The van der Waals surface area contributed by atoms with Gasteiger partial charge < -0.3 is 0 Å². The lowest BCUT2D eigenvalue weighted by molar-refractivity contribution is 1.81. The number of hydrogen-bond donors (Lipinski definition) is 0. The molecule has 1 radical (unpaired) electrons. The lowest BCUT2D eigenvalue weighted by atomic mass is 10.1. The molecule has 0 fully saturated rings. The van der Waals surface area contributed by atoms with Crippen LogP contribution in [0, 0.1) is 6.07 Å². The molecule has 0 amide bonds. The number of thiophene rings is 1. The topological polar surface area (TPSA) is 0 Å². The summed E-state index contributed by atoms with van der Waals surface area (Å²) in [6.07, 6.45) is 0. The van der Waals surface area contributed by atoms with Gasteiger partial charge in [0.15, 0.2) is 0 Å². The third-order valence-corrected chi connectivity index (χ3v) is 4.32. The second kappa shape index (κ2) is 3.31. The fourth-order valence-corrected chi connectivity index (χ4v) is 3.46. The minimum absolute atomic E-state index is 1.31. The zero-order valence-electron chi connectivity index (χ0n) is 9.10. The van der Waals surface area contributed by atoms with Gasteiger partial charge in [0.2, 0.25) is 0 Å². The van der Waals surface area contributed by atoms with E-state index in [-0.39, 0.29) is 0 Å². The molecule has 0 spiro atoms. The Kier molecular flexibility index (Phi) is 1.79. The smallest absolute Gasteiger partial charge is 0.0361 e. The van der Waals surface area contributed by atoms with Crippen molar-refractivity contribution in [2.45, 2.75) is 0 Å². The molecule has 0 N–H and O–H groups in total. The lowest BCUT2D eigenvalue weighted by Gasteiger charge is -1.97. The van der Waals surface area contributed by atoms with E-state index in [1.54, 1.807) is 0 Å². The van der Waals surface area contributed by atoms with Crippen LogP contribution in [-0.2, 0) is 0 Å². The third kappa shape index (κ3) is 1.29. The standard InChI is InChI=1S/C16H9S/c1-2-6-12-10-16-14(9-11(12)5-1)13-7-3-4-8-15(13)17-16/h1-2,4-10H. The maximum Gasteiger partial charge on any atom is 0.0361 e. The average molecular weight is 233 g/mol. The van der Waals surface area contributed by atoms with Crippen molar-refractivity contribution < 1.29 is 0 Å². The largest absolute Gasteiger partial charge is 0.135 e. The summed E-state index contributed by atoms with van der Waals surface area (Å²) in [6.45, 7) is 0. The summed E-state index contributed by atoms with van der Waals surface area (Å²) in [5.41, 5.74) is 0. The molecule has 1 aromatic heterocycles. The predicted octanol–water partition coefficient (Wildman–Crippen LogP) is 5.01. The van der Waals surface area contributed by atoms with E-state index in [0.717, 1.165) is 0 Å². The van der Waals surface area contributed by atoms with Crippen LogP contribution >= 0.6 is 11.3 Å². The summed E-state index contributed by atoms with van der Waals surface area (Å²) in [4.78, 5) is 0. The van der Waals surface area contributed by atoms with Crippen molar-refractivity contribution in [3.05, 3.63) is 60.7 Å². The van der Waals surface area contributed by atoms with Crippen LogP contribution in [-0.4, -0.2) is 0 Å². The summed E-state index contributed by atoms with van der Waals surface area (Å²) in [6, 6.07) is 22.5. The van der Waals surface area contributed by atoms with Crippen LogP contribution in [0.4, 0.5) is 0 Å². The van der Waals surface area contributed by atoms with E-state index >= 15 is 0 Å². The second-order valence-electron chi connectivity index (χ2n) is 4.22. The molecule has 3 aromatic carbocycles. The molecule has 0 unspecified atom stereocenters. The van der Waals surface area contributed by atoms with Gasteiger partial charge in [-0.25, -0.2) is 0 Å². The molecule has 4 rings (SSSR count). The van der Waals surface area contributed by atoms with E-state index in [1.807, 2.05) is 17.4 Å². The Morgan fingerprint density at radius 1 is 0.824 bits per heavy atom. The molecule has 0 aliphatic carbocycles. The van der Waals surface area contributed by atoms with Gasteiger partial charge in [-0.1, -0.05) is 30.3 Å². The molecule has 1 heteroatoms. The molecule has 0 atom stereocenters. The fourth-order valence-electron chi connectivity index (χ4n) is 2.35. The predicted molar refractivity (Wildman–Crippen MR) is 75.7 cm³/mol. The van der Waals surface area contributed by atoms with Crippen LogP contribution in [0.5, 0.6) is 0 Å². The van der Waals surface area contributed by atoms with Crippen molar-refractivity contribution in [2.24, 2.45) is 0 Å². The van der Waals surface area contributed by atoms with Crippen molar-refractivity contribution >= 4 is 42.3 Å². The van der Waals surface area contributed by atoms with Crippen LogP contribution in [0.1, 0.15) is 0 Å². The van der Waals surface area contributed by atoms with Gasteiger partial charge >= 0.3 is 0 Å². The summed E-state index contributed by atoms with van der Waals surface area (Å²) in [7, 11) is 0. The highest BCUT2D eigenvalue weighted by atomic mass is 32.1. The highest BCUT2D eigenvalue weighted by Gasteiger charge is 2.05. The molecule has 0 aliphatic heterocycles. The quantitative estimate of drug-likeness (QED) is 0.400. The first-order valence-electron chi connectivity index (χ1n) is 5.63. The number of fused-ring (bicyclic) bond motifs is 4. The fraction of sp³-hybridized carbons (Fsp3) is 0. The second-order valence-corrected chi connectivity index (χ2v) is 5.30. The SMILES string of the molecule is [c]1ccc2sc3cc4ccccc4cc3c2c1. The molecule has 1 heterocycles. The van der Waals surface area contributed by atoms with E-state index in [2.05, 4.69) is 54.6 Å². The minimum atomic E-state index is 1.31. The van der Waals surface area contributed by atoms with Crippen molar-refractivity contribution in [1.82, 2.24) is 0 Å². The Bertz CT molecular complexity index is 834. The van der Waals surface area contributed by atoms with Crippen LogP contribution in [0.15, 0.2) is 54.6 Å². The van der Waals surface area contributed by atoms with Gasteiger partial charge in [-0.3, -0.25) is 0 Å². The van der Waals surface area contributed by atoms with Crippen molar-refractivity contribution in [3.63, 3.8) is 0 Å². The molecule has 0 nitrogen and oxygen atoms in total. The summed E-state index contributed by atoms with van der Waals surface area (Å²) in [5, 5.41) is 5.29. The molecule has 17 heavy (non-hydrogen) atoms. The molecule has 79 valence electrons. The minimum Gasteiger partial charge on any atom is -0.135 e. The molecule has 0 saturated heterocycles. The zero-order chi connectivity index (χ0) is 11.2. The number of hydrogen-bond acceptors (Lipinski definition) is 1. The Morgan fingerprint density at radius 3 is 2.53 bits per heavy atom. The Balaban J connectivity index is 2.28. The summed E-state index contributed by atoms with van der Waals surface area (Å²) < 4.78 is 2.70. The first-order chi connectivity index (χ1) is 8.42. The van der Waals surface area contributed by atoms with E-state index < -0.39 is 0 Å². The Labute approximate surface area is 103 Å². The first-order valence-corrected chi connectivity index (χ1v) is 6.44. The van der Waals surface area contributed by atoms with Gasteiger partial charge in [-0.05, 0) is 41.1 Å². The van der Waals surface area contributed by atoms with Gasteiger partial charge in [0.05, 0.1) is 0 Å². The van der Waals surface area contributed by atoms with Crippen molar-refractivity contribution in [3.8, 4) is 0 Å². The van der Waals surface area contributed by atoms with Gasteiger partial charge in [0.25, 0.3) is 0 Å². The van der Waals surface area contributed by atoms with E-state index in [1.165, 1.54) is 30.9 Å². The summed E-state index contributed by atoms with van der Waals surface area (Å²) >= 11 is 1.86. The number of rotatable bonds is 0. The summed E-state index contributed by atoms with van der Waals surface area (Å²) in [5.74, 6) is 0. The molecular formula is C16H9S. The lowest BCUT2D eigenvalue weighted by Crippen LogP contribution is -1.71. The molecule has 0 saturated carbocycles. The van der Waals surface area contributed by atoms with E-state index in [0.29, 0.717) is 0 Å². The first kappa shape index (κ1) is 9.20. The van der Waals surface area contributed by atoms with Crippen LogP contribution in [0.3, 0.4) is 0 Å². The maximum atomic E-state index is 3.17. The van der Waals surface area contributed by atoms with Gasteiger partial charge in [0, 0.05) is 20.2 Å². The number of benzene rings is 3. The van der Waals surface area contributed by atoms with Gasteiger partial charge in [-0.15, -0.1) is 11.3 Å². The van der Waals surface area contributed by atoms with Crippen molar-refractivity contribution in [2.75, 3.05) is 0 Å². The Hall–Kier alpha value is -1.86. The van der Waals surface area contributed by atoms with Crippen LogP contribution in [0.2, 0.25) is 0 Å². The molecule has 0 bridgehead atoms. The monoisotopic (exact) mass is 233 g/mol. The average Bonchev–Trinajstić information content (AvgIpc) is 2.73. The zero-order valence-corrected chi connectivity index (χ0v) is 9.92. The van der Waals surface area contributed by atoms with Crippen molar-refractivity contribution in [1.29, 1.82) is 0 Å². The highest BCUT2D eigenvalue weighted by molar-refractivity contribution is 7.25. The molecule has 4 aromatic rings. The highest BCUT2D eigenvalue weighted by Crippen LogP contribution is 2.35. The van der Waals surface area contributed by atoms with Gasteiger partial charge in [0.1, 0.15) is 0 Å². The molecular weight excluding hydrogens is 224 g/mol. The van der Waals surface area contributed by atoms with E-state index in [4.69, 9.17) is 0 Å². The Morgan fingerprint density at radius 2 is 1.65 bits per heavy atom. The van der Waals surface area contributed by atoms with Crippen LogP contribution < -0.4 is 0 Å². The van der Waals surface area contributed by atoms with E-state index in [9.17, 15) is 0 Å². The normalized spacial score (nSPS) is 11.5.